The highest BCUT2D eigenvalue weighted by atomic mass is 19.1. The quantitative estimate of drug-likeness (QED) is 0.871. The maximum Gasteiger partial charge on any atom is 0.226 e. The highest BCUT2D eigenvalue weighted by Gasteiger charge is 2.24. The molecule has 1 fully saturated rings. The Kier molecular flexibility index (Phi) is 5.24. The molecule has 0 aromatic carbocycles. The van der Waals surface area contributed by atoms with Crippen molar-refractivity contribution in [2.75, 3.05) is 16.8 Å². The van der Waals surface area contributed by atoms with Gasteiger partial charge in [0.05, 0.1) is 23.6 Å². The summed E-state index contributed by atoms with van der Waals surface area (Å²) in [7, 11) is 0. The minimum absolute atomic E-state index is 0.0366. The average Bonchev–Trinajstić information content (AvgIpc) is 3.17. The Bertz CT molecular complexity index is 871. The van der Waals surface area contributed by atoms with Crippen LogP contribution in [0.2, 0.25) is 0 Å². The molecule has 7 heteroatoms. The van der Waals surface area contributed by atoms with Gasteiger partial charge in [0.25, 0.3) is 0 Å². The Balaban J connectivity index is 1.50. The van der Waals surface area contributed by atoms with Crippen molar-refractivity contribution in [2.45, 2.75) is 58.9 Å². The van der Waals surface area contributed by atoms with Crippen LogP contribution in [0, 0.1) is 25.6 Å². The molecule has 1 aliphatic heterocycles. The minimum atomic E-state index is -0.237. The number of carbonyl (C=O) groups excluding carboxylic acids is 1. The topological polar surface area (TPSA) is 71.0 Å². The van der Waals surface area contributed by atoms with Crippen LogP contribution in [-0.2, 0) is 17.8 Å². The van der Waals surface area contributed by atoms with E-state index in [1.807, 2.05) is 18.7 Å². The highest BCUT2D eigenvalue weighted by molar-refractivity contribution is 5.92. The standard InChI is InChI=1S/C21H26FN5O/c1-13-20(26-19(28)11-15-5-3-4-6-15)14(2)25-21(24-13)27-10-8-18-16(12-27)17(22)7-9-23-18/h7,9,15H,3-6,8,10-12H2,1-2H3,(H,26,28). The van der Waals surface area contributed by atoms with Crippen molar-refractivity contribution in [1.29, 1.82) is 0 Å². The van der Waals surface area contributed by atoms with Gasteiger partial charge in [-0.05, 0) is 38.7 Å². The minimum Gasteiger partial charge on any atom is -0.336 e. The largest absolute Gasteiger partial charge is 0.336 e. The number of nitrogens with zero attached hydrogens (tertiary/aromatic N) is 4. The number of aromatic nitrogens is 3. The van der Waals surface area contributed by atoms with Gasteiger partial charge in [-0.2, -0.15) is 0 Å². The Labute approximate surface area is 164 Å². The van der Waals surface area contributed by atoms with Crippen molar-refractivity contribution in [3.63, 3.8) is 0 Å². The number of anilines is 2. The van der Waals surface area contributed by atoms with Crippen LogP contribution >= 0.6 is 0 Å². The molecule has 1 aliphatic carbocycles. The van der Waals surface area contributed by atoms with E-state index in [1.165, 1.54) is 25.1 Å². The number of aryl methyl sites for hydroxylation is 2. The van der Waals surface area contributed by atoms with Crippen LogP contribution in [0.5, 0.6) is 0 Å². The molecule has 1 saturated carbocycles. The molecular weight excluding hydrogens is 357 g/mol. The Morgan fingerprint density at radius 2 is 1.96 bits per heavy atom. The molecule has 2 aliphatic rings. The van der Waals surface area contributed by atoms with E-state index in [0.29, 0.717) is 49.0 Å². The zero-order valence-electron chi connectivity index (χ0n) is 16.5. The molecule has 4 rings (SSSR count). The second-order valence-electron chi connectivity index (χ2n) is 7.86. The third kappa shape index (κ3) is 3.84. The van der Waals surface area contributed by atoms with Crippen molar-refractivity contribution in [3.05, 3.63) is 40.7 Å². The highest BCUT2D eigenvalue weighted by Crippen LogP contribution is 2.29. The van der Waals surface area contributed by atoms with Crippen LogP contribution < -0.4 is 10.2 Å². The summed E-state index contributed by atoms with van der Waals surface area (Å²) in [5, 5.41) is 3.01. The molecule has 0 atom stereocenters. The lowest BCUT2D eigenvalue weighted by atomic mass is 10.0. The molecule has 6 nitrogen and oxygen atoms in total. The summed E-state index contributed by atoms with van der Waals surface area (Å²) in [5.74, 6) is 0.865. The second-order valence-corrected chi connectivity index (χ2v) is 7.86. The van der Waals surface area contributed by atoms with Gasteiger partial charge in [0.1, 0.15) is 5.82 Å². The first kappa shape index (κ1) is 18.8. The second kappa shape index (κ2) is 7.81. The molecule has 28 heavy (non-hydrogen) atoms. The van der Waals surface area contributed by atoms with Gasteiger partial charge in [-0.1, -0.05) is 12.8 Å². The van der Waals surface area contributed by atoms with E-state index in [0.717, 1.165) is 29.9 Å². The fraction of sp³-hybridized carbons (Fsp3) is 0.524. The van der Waals surface area contributed by atoms with Crippen LogP contribution in [0.3, 0.4) is 0 Å². The number of nitrogens with one attached hydrogen (secondary N) is 1. The third-order valence-corrected chi connectivity index (χ3v) is 5.81. The van der Waals surface area contributed by atoms with Crippen LogP contribution in [0.15, 0.2) is 12.3 Å². The Morgan fingerprint density at radius 1 is 1.25 bits per heavy atom. The molecule has 148 valence electrons. The van der Waals surface area contributed by atoms with Crippen molar-refractivity contribution in [1.82, 2.24) is 15.0 Å². The van der Waals surface area contributed by atoms with Crippen molar-refractivity contribution < 1.29 is 9.18 Å². The van der Waals surface area contributed by atoms with E-state index in [1.54, 1.807) is 0 Å². The molecule has 0 bridgehead atoms. The molecule has 0 radical (unpaired) electrons. The number of halogens is 1. The van der Waals surface area contributed by atoms with Gasteiger partial charge >= 0.3 is 0 Å². The number of carbonyl (C=O) groups is 1. The lowest BCUT2D eigenvalue weighted by Gasteiger charge is -2.29. The molecule has 2 aromatic rings. The van der Waals surface area contributed by atoms with Gasteiger partial charge in [-0.25, -0.2) is 14.4 Å². The van der Waals surface area contributed by atoms with Crippen LogP contribution in [0.1, 0.15) is 54.7 Å². The number of pyridine rings is 1. The molecule has 2 aromatic heterocycles. The summed E-state index contributed by atoms with van der Waals surface area (Å²) < 4.78 is 14.1. The number of rotatable bonds is 4. The van der Waals surface area contributed by atoms with Crippen molar-refractivity contribution >= 4 is 17.5 Å². The van der Waals surface area contributed by atoms with E-state index in [2.05, 4.69) is 20.3 Å². The predicted molar refractivity (Wildman–Crippen MR) is 106 cm³/mol. The van der Waals surface area contributed by atoms with Crippen LogP contribution in [0.4, 0.5) is 16.0 Å². The monoisotopic (exact) mass is 383 g/mol. The number of hydrogen-bond acceptors (Lipinski definition) is 5. The van der Waals surface area contributed by atoms with Gasteiger partial charge in [0, 0.05) is 36.8 Å². The van der Waals surface area contributed by atoms with E-state index in [4.69, 9.17) is 0 Å². The molecule has 1 amide bonds. The van der Waals surface area contributed by atoms with E-state index >= 15 is 0 Å². The molecular formula is C21H26FN5O. The fourth-order valence-electron chi connectivity index (χ4n) is 4.26. The number of fused-ring (bicyclic) bond motifs is 1. The van der Waals surface area contributed by atoms with Crippen molar-refractivity contribution in [3.8, 4) is 0 Å². The lowest BCUT2D eigenvalue weighted by molar-refractivity contribution is -0.117. The van der Waals surface area contributed by atoms with Crippen LogP contribution in [0.25, 0.3) is 0 Å². The van der Waals surface area contributed by atoms with E-state index in [-0.39, 0.29) is 11.7 Å². The molecule has 0 spiro atoms. The third-order valence-electron chi connectivity index (χ3n) is 5.81. The predicted octanol–water partition coefficient (Wildman–Crippen LogP) is 3.71. The molecule has 3 heterocycles. The first-order chi connectivity index (χ1) is 13.5. The summed E-state index contributed by atoms with van der Waals surface area (Å²) in [4.78, 5) is 27.9. The van der Waals surface area contributed by atoms with Gasteiger partial charge in [0.15, 0.2) is 0 Å². The summed E-state index contributed by atoms with van der Waals surface area (Å²) in [6.07, 6.45) is 7.47. The first-order valence-corrected chi connectivity index (χ1v) is 10.0. The normalized spacial score (nSPS) is 16.9. The first-order valence-electron chi connectivity index (χ1n) is 10.0. The van der Waals surface area contributed by atoms with Crippen LogP contribution in [-0.4, -0.2) is 27.4 Å². The Morgan fingerprint density at radius 3 is 2.68 bits per heavy atom. The Hall–Kier alpha value is -2.57. The number of hydrogen-bond donors (Lipinski definition) is 1. The number of amides is 1. The summed E-state index contributed by atoms with van der Waals surface area (Å²) >= 11 is 0. The van der Waals surface area contributed by atoms with Gasteiger partial charge in [-0.15, -0.1) is 0 Å². The molecule has 1 N–H and O–H groups in total. The maximum absolute atomic E-state index is 14.1. The molecule has 0 unspecified atom stereocenters. The zero-order valence-corrected chi connectivity index (χ0v) is 16.5. The smallest absolute Gasteiger partial charge is 0.226 e. The van der Waals surface area contributed by atoms with Gasteiger partial charge in [0.2, 0.25) is 11.9 Å². The van der Waals surface area contributed by atoms with Gasteiger partial charge < -0.3 is 10.2 Å². The van der Waals surface area contributed by atoms with Gasteiger partial charge in [-0.3, -0.25) is 9.78 Å². The summed E-state index contributed by atoms with van der Waals surface area (Å²) in [6.45, 7) is 4.85. The maximum atomic E-state index is 14.1. The van der Waals surface area contributed by atoms with E-state index in [9.17, 15) is 9.18 Å². The molecule has 0 saturated heterocycles. The average molecular weight is 383 g/mol. The lowest BCUT2D eigenvalue weighted by Crippen LogP contribution is -2.33. The summed E-state index contributed by atoms with van der Waals surface area (Å²) in [5.41, 5.74) is 3.58. The van der Waals surface area contributed by atoms with Crippen molar-refractivity contribution in [2.24, 2.45) is 5.92 Å². The SMILES string of the molecule is Cc1nc(N2CCc3nccc(F)c3C2)nc(C)c1NC(=O)CC1CCCC1. The fourth-order valence-corrected chi connectivity index (χ4v) is 4.26. The zero-order chi connectivity index (χ0) is 19.7. The van der Waals surface area contributed by atoms with E-state index < -0.39 is 0 Å². The summed E-state index contributed by atoms with van der Waals surface area (Å²) in [6, 6.07) is 1.39.